The maximum absolute atomic E-state index is 10.7. The number of hydrogen-bond donors (Lipinski definition) is 1. The lowest BCUT2D eigenvalue weighted by molar-refractivity contribution is -0.115. The molecule has 2 rings (SSSR count). The first kappa shape index (κ1) is 7.72. The van der Waals surface area contributed by atoms with Crippen LogP contribution >= 0.6 is 0 Å². The van der Waals surface area contributed by atoms with Crippen molar-refractivity contribution in [1.29, 1.82) is 0 Å². The minimum Gasteiger partial charge on any atom is -0.324 e. The Balaban J connectivity index is 0.000000605. The lowest BCUT2D eigenvalue weighted by Gasteiger charge is -1.92. The van der Waals surface area contributed by atoms with Gasteiger partial charge in [-0.2, -0.15) is 0 Å². The molecule has 3 nitrogen and oxygen atoms in total. The van der Waals surface area contributed by atoms with E-state index in [2.05, 4.69) is 10.3 Å². The monoisotopic (exact) mass is 150 g/mol. The van der Waals surface area contributed by atoms with Crippen molar-refractivity contribution in [2.45, 2.75) is 13.8 Å². The summed E-state index contributed by atoms with van der Waals surface area (Å²) < 4.78 is 0. The minimum absolute atomic E-state index is 0. The van der Waals surface area contributed by atoms with E-state index < -0.39 is 0 Å². The fourth-order valence-corrected chi connectivity index (χ4v) is 1.04. The maximum Gasteiger partial charge on any atom is 0.230 e. The first-order valence-electron chi connectivity index (χ1n) is 3.10. The van der Waals surface area contributed by atoms with Crippen LogP contribution in [0.1, 0.15) is 13.1 Å². The van der Waals surface area contributed by atoms with Crippen molar-refractivity contribution in [3.05, 3.63) is 24.0 Å². The molecule has 1 N–H and O–H groups in total. The van der Waals surface area contributed by atoms with Crippen molar-refractivity contribution >= 4 is 11.6 Å². The smallest absolute Gasteiger partial charge is 0.230 e. The first-order chi connectivity index (χ1) is 4.86. The number of amides is 1. The van der Waals surface area contributed by atoms with Gasteiger partial charge in [-0.1, -0.05) is 7.43 Å². The Morgan fingerprint density at radius 3 is 3.09 bits per heavy atom. The Morgan fingerprint density at radius 2 is 2.36 bits per heavy atom. The van der Waals surface area contributed by atoms with E-state index in [1.165, 1.54) is 0 Å². The molecule has 0 unspecified atom stereocenters. The van der Waals surface area contributed by atoms with E-state index in [0.717, 1.165) is 11.4 Å². The molecule has 11 heavy (non-hydrogen) atoms. The summed E-state index contributed by atoms with van der Waals surface area (Å²) in [7, 11) is 0. The zero-order valence-electron chi connectivity index (χ0n) is 5.29. The highest BCUT2D eigenvalue weighted by molar-refractivity contribution is 5.98. The van der Waals surface area contributed by atoms with Crippen LogP contribution in [0.5, 0.6) is 0 Å². The predicted octanol–water partition coefficient (Wildman–Crippen LogP) is 1.21. The van der Waals surface area contributed by atoms with Crippen LogP contribution in [0.2, 0.25) is 0 Å². The molecule has 1 amide bonds. The normalized spacial score (nSPS) is 13.3. The summed E-state index contributed by atoms with van der Waals surface area (Å²) in [6.45, 7) is 0. The standard InChI is InChI=1S/C7H6N2O.CH4/c10-7-4-6-5(9-7)2-1-3-8-6;/h1-3H,4H2,(H,9,10);1H4. The third-order valence-corrected chi connectivity index (χ3v) is 1.49. The SMILES string of the molecule is C.O=C1Cc2ncccc2N1. The van der Waals surface area contributed by atoms with Crippen LogP contribution in [-0.2, 0) is 11.2 Å². The van der Waals surface area contributed by atoms with Crippen LogP contribution in [-0.4, -0.2) is 10.9 Å². The number of pyridine rings is 1. The van der Waals surface area contributed by atoms with Gasteiger partial charge in [-0.25, -0.2) is 0 Å². The summed E-state index contributed by atoms with van der Waals surface area (Å²) in [5, 5.41) is 2.70. The van der Waals surface area contributed by atoms with Gasteiger partial charge in [-0.15, -0.1) is 0 Å². The quantitative estimate of drug-likeness (QED) is 0.604. The molecule has 0 atom stereocenters. The minimum atomic E-state index is 0. The van der Waals surface area contributed by atoms with Crippen molar-refractivity contribution in [2.75, 3.05) is 5.32 Å². The summed E-state index contributed by atoms with van der Waals surface area (Å²) in [4.78, 5) is 14.8. The molecule has 0 saturated carbocycles. The molecular formula is C8H10N2O. The van der Waals surface area contributed by atoms with Gasteiger partial charge in [-0.3, -0.25) is 9.78 Å². The van der Waals surface area contributed by atoms with Gasteiger partial charge in [0.15, 0.2) is 0 Å². The molecular weight excluding hydrogens is 140 g/mol. The largest absolute Gasteiger partial charge is 0.324 e. The molecule has 0 aliphatic carbocycles. The Kier molecular flexibility index (Phi) is 1.89. The molecule has 1 aromatic heterocycles. The van der Waals surface area contributed by atoms with Gasteiger partial charge < -0.3 is 5.32 Å². The van der Waals surface area contributed by atoms with Crippen LogP contribution in [0.4, 0.5) is 5.69 Å². The first-order valence-corrected chi connectivity index (χ1v) is 3.10. The zero-order valence-corrected chi connectivity index (χ0v) is 5.29. The fourth-order valence-electron chi connectivity index (χ4n) is 1.04. The highest BCUT2D eigenvalue weighted by atomic mass is 16.1. The third-order valence-electron chi connectivity index (χ3n) is 1.49. The lowest BCUT2D eigenvalue weighted by atomic mass is 10.3. The summed E-state index contributed by atoms with van der Waals surface area (Å²) in [5.74, 6) is 0.0358. The topological polar surface area (TPSA) is 42.0 Å². The van der Waals surface area contributed by atoms with Crippen molar-refractivity contribution in [3.8, 4) is 0 Å². The van der Waals surface area contributed by atoms with E-state index in [9.17, 15) is 4.79 Å². The Morgan fingerprint density at radius 1 is 1.55 bits per heavy atom. The average molecular weight is 150 g/mol. The van der Waals surface area contributed by atoms with Crippen LogP contribution in [0.3, 0.4) is 0 Å². The van der Waals surface area contributed by atoms with Gasteiger partial charge in [0.1, 0.15) is 0 Å². The van der Waals surface area contributed by atoms with Crippen molar-refractivity contribution in [2.24, 2.45) is 0 Å². The van der Waals surface area contributed by atoms with Gasteiger partial charge in [0, 0.05) is 6.20 Å². The number of rotatable bonds is 0. The molecule has 1 aliphatic heterocycles. The average Bonchev–Trinajstić information content (AvgIpc) is 2.27. The Bertz CT molecular complexity index is 256. The summed E-state index contributed by atoms with van der Waals surface area (Å²) in [6, 6.07) is 3.66. The van der Waals surface area contributed by atoms with E-state index in [1.807, 2.05) is 12.1 Å². The second-order valence-electron chi connectivity index (χ2n) is 2.22. The number of nitrogens with zero attached hydrogens (tertiary/aromatic N) is 1. The molecule has 1 aromatic rings. The van der Waals surface area contributed by atoms with Crippen molar-refractivity contribution in [1.82, 2.24) is 4.98 Å². The number of anilines is 1. The van der Waals surface area contributed by atoms with E-state index in [4.69, 9.17) is 0 Å². The second kappa shape index (κ2) is 2.70. The van der Waals surface area contributed by atoms with Crippen LogP contribution in [0.15, 0.2) is 18.3 Å². The highest BCUT2D eigenvalue weighted by Crippen LogP contribution is 2.18. The van der Waals surface area contributed by atoms with E-state index in [0.29, 0.717) is 6.42 Å². The number of aromatic nitrogens is 1. The molecule has 0 aromatic carbocycles. The highest BCUT2D eigenvalue weighted by Gasteiger charge is 2.16. The molecule has 0 saturated heterocycles. The molecule has 58 valence electrons. The van der Waals surface area contributed by atoms with Crippen molar-refractivity contribution < 1.29 is 4.79 Å². The van der Waals surface area contributed by atoms with E-state index in [1.54, 1.807) is 6.20 Å². The van der Waals surface area contributed by atoms with Gasteiger partial charge in [0.2, 0.25) is 5.91 Å². The fraction of sp³-hybridized carbons (Fsp3) is 0.250. The zero-order chi connectivity index (χ0) is 6.97. The number of carbonyl (C=O) groups is 1. The molecule has 0 fully saturated rings. The van der Waals surface area contributed by atoms with Crippen LogP contribution in [0.25, 0.3) is 0 Å². The molecule has 2 heterocycles. The number of carbonyl (C=O) groups excluding carboxylic acids is 1. The van der Waals surface area contributed by atoms with Crippen LogP contribution in [0, 0.1) is 0 Å². The summed E-state index contributed by atoms with van der Waals surface area (Å²) in [5.41, 5.74) is 1.71. The summed E-state index contributed by atoms with van der Waals surface area (Å²) >= 11 is 0. The number of fused-ring (bicyclic) bond motifs is 1. The predicted molar refractivity (Wildman–Crippen MR) is 43.3 cm³/mol. The van der Waals surface area contributed by atoms with Gasteiger partial charge in [-0.05, 0) is 12.1 Å². The Hall–Kier alpha value is -1.38. The number of hydrogen-bond acceptors (Lipinski definition) is 2. The molecule has 1 aliphatic rings. The number of nitrogens with one attached hydrogen (secondary N) is 1. The molecule has 0 bridgehead atoms. The molecule has 0 spiro atoms. The Labute approximate surface area is 65.5 Å². The van der Waals surface area contributed by atoms with Gasteiger partial charge in [0.05, 0.1) is 17.8 Å². The van der Waals surface area contributed by atoms with Crippen molar-refractivity contribution in [3.63, 3.8) is 0 Å². The molecule has 0 radical (unpaired) electrons. The maximum atomic E-state index is 10.7. The van der Waals surface area contributed by atoms with Gasteiger partial charge >= 0.3 is 0 Å². The second-order valence-corrected chi connectivity index (χ2v) is 2.22. The lowest BCUT2D eigenvalue weighted by Crippen LogP contribution is -2.03. The van der Waals surface area contributed by atoms with Gasteiger partial charge in [0.25, 0.3) is 0 Å². The summed E-state index contributed by atoms with van der Waals surface area (Å²) in [6.07, 6.45) is 2.12. The third kappa shape index (κ3) is 1.22. The van der Waals surface area contributed by atoms with Crippen LogP contribution < -0.4 is 5.32 Å². The van der Waals surface area contributed by atoms with E-state index in [-0.39, 0.29) is 13.3 Å². The van der Waals surface area contributed by atoms with E-state index >= 15 is 0 Å². The molecule has 3 heteroatoms.